The molecule has 62 valence electrons. The molecule has 0 aliphatic carbocycles. The molecular weight excluding hydrogens is 172 g/mol. The molecule has 4 nitrogen and oxygen atoms in total. The highest BCUT2D eigenvalue weighted by molar-refractivity contribution is 6.42. The van der Waals surface area contributed by atoms with Gasteiger partial charge in [0, 0.05) is 0 Å². The van der Waals surface area contributed by atoms with Gasteiger partial charge >= 0.3 is 5.97 Å². The van der Waals surface area contributed by atoms with E-state index < -0.39 is 17.0 Å². The summed E-state index contributed by atoms with van der Waals surface area (Å²) in [5.41, 5.74) is 0. The molecule has 0 radical (unpaired) electrons. The Labute approximate surface area is 68.4 Å². The molecule has 0 saturated carbocycles. The maximum atomic E-state index is 10.6. The fourth-order valence-corrected chi connectivity index (χ4v) is 0.506. The van der Waals surface area contributed by atoms with Crippen LogP contribution in [-0.4, -0.2) is 18.5 Å². The van der Waals surface area contributed by atoms with Crippen LogP contribution in [0.3, 0.4) is 0 Å². The number of aliphatic carboxylic acids is 1. The van der Waals surface area contributed by atoms with Gasteiger partial charge in [0.2, 0.25) is 0 Å². The second-order valence-electron chi connectivity index (χ2n) is 1.53. The fourth-order valence-electron chi connectivity index (χ4n) is 0.362. The summed E-state index contributed by atoms with van der Waals surface area (Å²) in [6.07, 6.45) is 0.472. The Morgan fingerprint density at radius 1 is 1.64 bits per heavy atom. The Bertz CT molecular complexity index is 197. The van der Waals surface area contributed by atoms with E-state index >= 15 is 0 Å². The Morgan fingerprint density at radius 3 is 2.55 bits per heavy atom. The van der Waals surface area contributed by atoms with E-state index in [9.17, 15) is 14.7 Å². The maximum Gasteiger partial charge on any atom is 0.349 e. The molecule has 5 heteroatoms. The van der Waals surface area contributed by atoms with Crippen molar-refractivity contribution in [1.82, 2.24) is 0 Å². The summed E-state index contributed by atoms with van der Waals surface area (Å²) in [4.78, 5) is 20.4. The van der Waals surface area contributed by atoms with E-state index in [4.69, 9.17) is 11.6 Å². The van der Waals surface area contributed by atoms with E-state index in [1.165, 1.54) is 0 Å². The summed E-state index contributed by atoms with van der Waals surface area (Å²) in [5.74, 6) is -2.39. The summed E-state index contributed by atoms with van der Waals surface area (Å²) in [5, 5.41) is 9.35. The molecule has 0 fully saturated rings. The minimum atomic E-state index is -1.52. The first-order valence-corrected chi connectivity index (χ1v) is 3.21. The lowest BCUT2D eigenvalue weighted by atomic mass is 10.5. The summed E-state index contributed by atoms with van der Waals surface area (Å²) in [6.45, 7) is 1.73. The number of carboxylic acids is 1. The van der Waals surface area contributed by atoms with Gasteiger partial charge in [-0.3, -0.25) is 0 Å². The molecule has 11 heavy (non-hydrogen) atoms. The lowest BCUT2D eigenvalue weighted by Gasteiger charge is -1.99. The number of carboxylic acid groups (broad SMARTS) is 1. The lowest BCUT2D eigenvalue weighted by Crippen LogP contribution is -2.20. The van der Waals surface area contributed by atoms with Crippen molar-refractivity contribution in [2.75, 3.05) is 6.61 Å². The van der Waals surface area contributed by atoms with E-state index in [0.717, 1.165) is 0 Å². The first-order chi connectivity index (χ1) is 5.07. The van der Waals surface area contributed by atoms with Crippen LogP contribution in [0.1, 0.15) is 6.92 Å². The largest absolute Gasteiger partial charge is 0.545 e. The van der Waals surface area contributed by atoms with E-state index in [-0.39, 0.29) is 6.61 Å². The Balaban J connectivity index is 4.12. The highest BCUT2D eigenvalue weighted by Gasteiger charge is 2.05. The van der Waals surface area contributed by atoms with Crippen LogP contribution in [-0.2, 0) is 14.3 Å². The number of halogens is 1. The monoisotopic (exact) mass is 177 g/mol. The first-order valence-electron chi connectivity index (χ1n) is 2.83. The van der Waals surface area contributed by atoms with Crippen molar-refractivity contribution >= 4 is 23.5 Å². The molecule has 0 heterocycles. The quantitative estimate of drug-likeness (QED) is 0.428. The molecule has 0 atom stereocenters. The smallest absolute Gasteiger partial charge is 0.349 e. The molecule has 0 spiro atoms. The van der Waals surface area contributed by atoms with E-state index in [0.29, 0.717) is 6.08 Å². The number of esters is 1. The number of rotatable bonds is 3. The van der Waals surface area contributed by atoms with Crippen molar-refractivity contribution in [2.45, 2.75) is 6.92 Å². The van der Waals surface area contributed by atoms with Crippen molar-refractivity contribution in [1.29, 1.82) is 0 Å². The van der Waals surface area contributed by atoms with Crippen LogP contribution in [0.2, 0.25) is 0 Å². The van der Waals surface area contributed by atoms with Gasteiger partial charge in [-0.25, -0.2) is 4.79 Å². The predicted molar refractivity (Wildman–Crippen MR) is 35.6 cm³/mol. The maximum absolute atomic E-state index is 10.6. The molecule has 0 N–H and O–H groups in total. The molecule has 0 unspecified atom stereocenters. The molecule has 0 rings (SSSR count). The minimum Gasteiger partial charge on any atom is -0.545 e. The van der Waals surface area contributed by atoms with E-state index in [1.807, 2.05) is 0 Å². The number of hydrogen-bond acceptors (Lipinski definition) is 4. The molecule has 0 saturated heterocycles. The van der Waals surface area contributed by atoms with Crippen molar-refractivity contribution in [3.8, 4) is 0 Å². The van der Waals surface area contributed by atoms with Gasteiger partial charge in [-0.1, -0.05) is 11.6 Å². The van der Waals surface area contributed by atoms with Crippen molar-refractivity contribution in [3.05, 3.63) is 11.1 Å². The second-order valence-corrected chi connectivity index (χ2v) is 1.94. The lowest BCUT2D eigenvalue weighted by molar-refractivity contribution is -0.297. The van der Waals surface area contributed by atoms with Crippen LogP contribution in [0.25, 0.3) is 0 Å². The van der Waals surface area contributed by atoms with Crippen LogP contribution in [0.5, 0.6) is 0 Å². The summed E-state index contributed by atoms with van der Waals surface area (Å²) in [7, 11) is 0. The zero-order valence-electron chi connectivity index (χ0n) is 5.80. The van der Waals surface area contributed by atoms with Gasteiger partial charge in [0.15, 0.2) is 0 Å². The van der Waals surface area contributed by atoms with Crippen molar-refractivity contribution < 1.29 is 19.4 Å². The highest BCUT2D eigenvalue weighted by atomic mass is 35.5. The normalized spacial score (nSPS) is 10.9. The number of carbonyl (C=O) groups excluding carboxylic acids is 2. The van der Waals surface area contributed by atoms with E-state index in [1.54, 1.807) is 6.92 Å². The number of ether oxygens (including phenoxy) is 1. The predicted octanol–water partition coefficient (Wildman–Crippen LogP) is -0.578. The van der Waals surface area contributed by atoms with Gasteiger partial charge < -0.3 is 14.6 Å². The van der Waals surface area contributed by atoms with Gasteiger partial charge in [0.05, 0.1) is 12.6 Å². The Kier molecular flexibility index (Phi) is 4.29. The zero-order valence-corrected chi connectivity index (χ0v) is 6.55. The topological polar surface area (TPSA) is 66.4 Å². The van der Waals surface area contributed by atoms with Crippen LogP contribution < -0.4 is 5.11 Å². The first kappa shape index (κ1) is 9.97. The molecule has 0 aromatic rings. The number of carbonyl (C=O) groups is 2. The van der Waals surface area contributed by atoms with Gasteiger partial charge in [0.25, 0.3) is 0 Å². The molecule has 0 aromatic heterocycles. The van der Waals surface area contributed by atoms with Crippen LogP contribution in [0.15, 0.2) is 11.1 Å². The highest BCUT2D eigenvalue weighted by Crippen LogP contribution is 2.02. The fraction of sp³-hybridized carbons (Fsp3) is 0.333. The summed E-state index contributed by atoms with van der Waals surface area (Å²) < 4.78 is 4.37. The third kappa shape index (κ3) is 4.38. The second kappa shape index (κ2) is 4.73. The third-order valence-corrected chi connectivity index (χ3v) is 0.978. The van der Waals surface area contributed by atoms with Gasteiger partial charge in [-0.05, 0) is 13.0 Å². The molecule has 0 amide bonds. The standard InChI is InChI=1S/C6H7ClO4/c1-2-11-6(10)4(7)3-5(8)9/h3H,2H2,1H3,(H,8,9)/p-1. The van der Waals surface area contributed by atoms with Crippen LogP contribution >= 0.6 is 11.6 Å². The molecule has 0 aromatic carbocycles. The van der Waals surface area contributed by atoms with Gasteiger partial charge in [0.1, 0.15) is 5.03 Å². The summed E-state index contributed by atoms with van der Waals surface area (Å²) >= 11 is 5.17. The molecule has 0 bridgehead atoms. The van der Waals surface area contributed by atoms with Crippen molar-refractivity contribution in [2.24, 2.45) is 0 Å². The average Bonchev–Trinajstić information content (AvgIpc) is 1.86. The molecule has 0 aliphatic heterocycles. The van der Waals surface area contributed by atoms with Crippen LogP contribution in [0.4, 0.5) is 0 Å². The van der Waals surface area contributed by atoms with Gasteiger partial charge in [-0.2, -0.15) is 0 Å². The molecule has 0 aliphatic rings. The summed E-state index contributed by atoms with van der Waals surface area (Å²) in [6, 6.07) is 0. The minimum absolute atomic E-state index is 0.149. The van der Waals surface area contributed by atoms with E-state index in [2.05, 4.69) is 4.74 Å². The Hall–Kier alpha value is -1.03. The average molecular weight is 178 g/mol. The zero-order chi connectivity index (χ0) is 8.85. The van der Waals surface area contributed by atoms with Gasteiger partial charge in [-0.15, -0.1) is 0 Å². The van der Waals surface area contributed by atoms with Crippen LogP contribution in [0, 0.1) is 0 Å². The third-order valence-electron chi connectivity index (χ3n) is 0.715. The number of hydrogen-bond donors (Lipinski definition) is 0. The Morgan fingerprint density at radius 2 is 2.18 bits per heavy atom. The van der Waals surface area contributed by atoms with Crippen molar-refractivity contribution in [3.63, 3.8) is 0 Å². The molecular formula is C6H6ClO4-. The SMILES string of the molecule is CCOC(=O)C(Cl)=CC(=O)[O-].